The number of benzene rings is 1. The van der Waals surface area contributed by atoms with Crippen molar-refractivity contribution in [2.45, 2.75) is 20.0 Å². The van der Waals surface area contributed by atoms with Gasteiger partial charge in [0.2, 0.25) is 0 Å². The third-order valence-corrected chi connectivity index (χ3v) is 2.61. The summed E-state index contributed by atoms with van der Waals surface area (Å²) >= 11 is 2.16. The lowest BCUT2D eigenvalue weighted by Gasteiger charge is -2.15. The van der Waals surface area contributed by atoms with E-state index in [1.807, 2.05) is 19.9 Å². The fourth-order valence-electron chi connectivity index (χ4n) is 1.23. The van der Waals surface area contributed by atoms with Crippen molar-refractivity contribution in [2.75, 3.05) is 7.11 Å². The van der Waals surface area contributed by atoms with Crippen molar-refractivity contribution in [3.63, 3.8) is 0 Å². The highest BCUT2D eigenvalue weighted by atomic mass is 127. The van der Waals surface area contributed by atoms with Gasteiger partial charge in [-0.15, -0.1) is 0 Å². The van der Waals surface area contributed by atoms with Gasteiger partial charge in [-0.05, 0) is 48.6 Å². The van der Waals surface area contributed by atoms with Crippen molar-refractivity contribution in [1.29, 1.82) is 0 Å². The third kappa shape index (κ3) is 3.26. The number of nitrogens with zero attached hydrogens (tertiary/aromatic N) is 1. The van der Waals surface area contributed by atoms with E-state index in [0.717, 1.165) is 9.13 Å². The molecular formula is C11H14INO3. The molecule has 1 aromatic rings. The van der Waals surface area contributed by atoms with Gasteiger partial charge in [0.1, 0.15) is 0 Å². The second-order valence-corrected chi connectivity index (χ2v) is 4.61. The number of ether oxygens (including phenoxy) is 2. The molecule has 1 aromatic carbocycles. The molecule has 1 N–H and O–H groups in total. The van der Waals surface area contributed by atoms with Crippen LogP contribution in [0.15, 0.2) is 17.3 Å². The average Bonchev–Trinajstić information content (AvgIpc) is 2.21. The molecule has 1 rings (SSSR count). The molecule has 5 heteroatoms. The predicted octanol–water partition coefficient (Wildman–Crippen LogP) is 2.90. The van der Waals surface area contributed by atoms with Crippen LogP contribution in [0.25, 0.3) is 0 Å². The average molecular weight is 335 g/mol. The minimum Gasteiger partial charge on any atom is -0.493 e. The van der Waals surface area contributed by atoms with E-state index in [1.54, 1.807) is 13.2 Å². The Balaban J connectivity index is 3.17. The van der Waals surface area contributed by atoms with Crippen LogP contribution >= 0.6 is 22.6 Å². The number of methoxy groups -OCH3 is 1. The Labute approximate surface area is 108 Å². The van der Waals surface area contributed by atoms with Gasteiger partial charge < -0.3 is 14.7 Å². The first-order valence-electron chi connectivity index (χ1n) is 4.80. The maximum atomic E-state index is 8.48. The van der Waals surface area contributed by atoms with Gasteiger partial charge in [-0.25, -0.2) is 0 Å². The molecule has 0 aliphatic heterocycles. The zero-order valence-electron chi connectivity index (χ0n) is 9.40. The van der Waals surface area contributed by atoms with Crippen LogP contribution < -0.4 is 9.47 Å². The molecule has 0 bridgehead atoms. The Bertz CT molecular complexity index is 391. The molecule has 16 heavy (non-hydrogen) atoms. The van der Waals surface area contributed by atoms with E-state index in [9.17, 15) is 0 Å². The fraction of sp³-hybridized carbons (Fsp3) is 0.364. The summed E-state index contributed by atoms with van der Waals surface area (Å²) in [5.74, 6) is 1.35. The minimum absolute atomic E-state index is 0.0831. The lowest BCUT2D eigenvalue weighted by atomic mass is 10.2. The third-order valence-electron chi connectivity index (χ3n) is 1.81. The summed E-state index contributed by atoms with van der Waals surface area (Å²) in [6, 6.07) is 3.63. The summed E-state index contributed by atoms with van der Waals surface area (Å²) in [7, 11) is 1.58. The quantitative estimate of drug-likeness (QED) is 0.398. The minimum atomic E-state index is 0.0831. The van der Waals surface area contributed by atoms with E-state index >= 15 is 0 Å². The molecule has 0 aromatic heterocycles. The summed E-state index contributed by atoms with van der Waals surface area (Å²) in [6.45, 7) is 3.91. The topological polar surface area (TPSA) is 51.0 Å². The van der Waals surface area contributed by atoms with Gasteiger partial charge in [0.25, 0.3) is 0 Å². The highest BCUT2D eigenvalue weighted by molar-refractivity contribution is 14.1. The van der Waals surface area contributed by atoms with Crippen molar-refractivity contribution >= 4 is 28.8 Å². The number of hydrogen-bond donors (Lipinski definition) is 1. The SMILES string of the molecule is COc1cc(C=NO)cc(I)c1OC(C)C. The van der Waals surface area contributed by atoms with Crippen LogP contribution in [0.5, 0.6) is 11.5 Å². The van der Waals surface area contributed by atoms with Crippen molar-refractivity contribution in [3.8, 4) is 11.5 Å². The van der Waals surface area contributed by atoms with Crippen LogP contribution in [0.3, 0.4) is 0 Å². The molecule has 0 heterocycles. The van der Waals surface area contributed by atoms with Crippen molar-refractivity contribution in [1.82, 2.24) is 0 Å². The van der Waals surface area contributed by atoms with E-state index in [1.165, 1.54) is 6.21 Å². The van der Waals surface area contributed by atoms with E-state index in [2.05, 4.69) is 27.7 Å². The second kappa shape index (κ2) is 5.93. The molecule has 0 aliphatic carbocycles. The Morgan fingerprint density at radius 2 is 2.12 bits per heavy atom. The van der Waals surface area contributed by atoms with Crippen LogP contribution in [0.1, 0.15) is 19.4 Å². The van der Waals surface area contributed by atoms with Gasteiger partial charge in [0.05, 0.1) is 23.0 Å². The summed E-state index contributed by atoms with van der Waals surface area (Å²) in [4.78, 5) is 0. The Hall–Kier alpha value is -0.980. The van der Waals surface area contributed by atoms with Crippen LogP contribution in [-0.4, -0.2) is 24.6 Å². The molecule has 88 valence electrons. The predicted molar refractivity (Wildman–Crippen MR) is 70.9 cm³/mol. The lowest BCUT2D eigenvalue weighted by Crippen LogP contribution is -2.08. The van der Waals surface area contributed by atoms with Crippen LogP contribution in [0, 0.1) is 3.57 Å². The largest absolute Gasteiger partial charge is 0.493 e. The standard InChI is InChI=1S/C11H14INO3/c1-7(2)16-11-9(12)4-8(6-13-14)5-10(11)15-3/h4-7,14H,1-3H3. The van der Waals surface area contributed by atoms with Crippen LogP contribution in [0.4, 0.5) is 0 Å². The van der Waals surface area contributed by atoms with E-state index in [-0.39, 0.29) is 6.10 Å². The molecule has 0 saturated heterocycles. The highest BCUT2D eigenvalue weighted by Crippen LogP contribution is 2.34. The Kier molecular flexibility index (Phi) is 4.85. The van der Waals surface area contributed by atoms with Gasteiger partial charge in [0.15, 0.2) is 11.5 Å². The first-order valence-corrected chi connectivity index (χ1v) is 5.88. The summed E-state index contributed by atoms with van der Waals surface area (Å²) in [6.07, 6.45) is 1.43. The van der Waals surface area contributed by atoms with Gasteiger partial charge >= 0.3 is 0 Å². The molecule has 0 saturated carbocycles. The zero-order valence-corrected chi connectivity index (χ0v) is 11.6. The molecule has 0 unspecified atom stereocenters. The Morgan fingerprint density at radius 3 is 2.62 bits per heavy atom. The molecule has 0 fully saturated rings. The first-order chi connectivity index (χ1) is 7.58. The Morgan fingerprint density at radius 1 is 1.44 bits per heavy atom. The van der Waals surface area contributed by atoms with E-state index in [0.29, 0.717) is 11.5 Å². The molecule has 0 radical (unpaired) electrons. The van der Waals surface area contributed by atoms with Gasteiger partial charge in [-0.2, -0.15) is 0 Å². The van der Waals surface area contributed by atoms with Gasteiger partial charge in [-0.1, -0.05) is 5.16 Å². The zero-order chi connectivity index (χ0) is 12.1. The maximum absolute atomic E-state index is 8.48. The number of hydrogen-bond acceptors (Lipinski definition) is 4. The lowest BCUT2D eigenvalue weighted by molar-refractivity contribution is 0.228. The normalized spacial score (nSPS) is 11.1. The molecule has 4 nitrogen and oxygen atoms in total. The molecule has 0 aliphatic rings. The molecular weight excluding hydrogens is 321 g/mol. The van der Waals surface area contributed by atoms with Crippen molar-refractivity contribution in [3.05, 3.63) is 21.3 Å². The van der Waals surface area contributed by atoms with Crippen LogP contribution in [-0.2, 0) is 0 Å². The van der Waals surface area contributed by atoms with Gasteiger partial charge in [0, 0.05) is 5.56 Å². The summed E-state index contributed by atoms with van der Waals surface area (Å²) in [5.41, 5.74) is 0.764. The monoisotopic (exact) mass is 335 g/mol. The first kappa shape index (κ1) is 13.1. The van der Waals surface area contributed by atoms with E-state index in [4.69, 9.17) is 14.7 Å². The van der Waals surface area contributed by atoms with Gasteiger partial charge in [-0.3, -0.25) is 0 Å². The molecule has 0 atom stereocenters. The smallest absolute Gasteiger partial charge is 0.174 e. The number of rotatable bonds is 4. The summed E-state index contributed by atoms with van der Waals surface area (Å²) in [5, 5.41) is 11.5. The highest BCUT2D eigenvalue weighted by Gasteiger charge is 2.12. The van der Waals surface area contributed by atoms with E-state index < -0.39 is 0 Å². The number of oxime groups is 1. The second-order valence-electron chi connectivity index (χ2n) is 3.45. The molecule has 0 spiro atoms. The van der Waals surface area contributed by atoms with Crippen molar-refractivity contribution in [2.24, 2.45) is 5.16 Å². The molecule has 0 amide bonds. The maximum Gasteiger partial charge on any atom is 0.174 e. The van der Waals surface area contributed by atoms with Crippen molar-refractivity contribution < 1.29 is 14.7 Å². The summed E-state index contributed by atoms with van der Waals surface area (Å²) < 4.78 is 11.8. The fourth-order valence-corrected chi connectivity index (χ4v) is 1.98. The van der Waals surface area contributed by atoms with Crippen LogP contribution in [0.2, 0.25) is 0 Å². The number of halogens is 1.